The van der Waals surface area contributed by atoms with Gasteiger partial charge < -0.3 is 19.9 Å². The minimum Gasteiger partial charge on any atom is -0.494 e. The SMILES string of the molecule is CCNC(=O)c1cc(C(C)(C)C)cc(NC(=O)c2cc3cccc(CCC4C5CCC(CC(=O)C6CCCN6C)CCC45)c3n2C)c1OC. The Morgan fingerprint density at radius 3 is 2.33 bits per heavy atom. The van der Waals surface area contributed by atoms with Crippen molar-refractivity contribution in [3.05, 3.63) is 58.8 Å². The second kappa shape index (κ2) is 14.3. The molecule has 1 aromatic heterocycles. The summed E-state index contributed by atoms with van der Waals surface area (Å²) in [6, 6.07) is 12.3. The van der Waals surface area contributed by atoms with Gasteiger partial charge in [0.1, 0.15) is 11.5 Å². The lowest BCUT2D eigenvalue weighted by Gasteiger charge is -2.23. The van der Waals surface area contributed by atoms with Crippen LogP contribution in [0, 0.1) is 23.7 Å². The lowest BCUT2D eigenvalue weighted by atomic mass is 9.85. The van der Waals surface area contributed by atoms with Crippen LogP contribution in [0.4, 0.5) is 5.69 Å². The van der Waals surface area contributed by atoms with Gasteiger partial charge in [-0.2, -0.15) is 0 Å². The number of nitrogens with zero attached hydrogens (tertiary/aromatic N) is 2. The minimum absolute atomic E-state index is 0.159. The molecule has 1 saturated heterocycles. The highest BCUT2D eigenvalue weighted by Gasteiger charge is 2.50. The largest absolute Gasteiger partial charge is 0.494 e. The van der Waals surface area contributed by atoms with E-state index in [9.17, 15) is 14.4 Å². The molecule has 2 aliphatic carbocycles. The highest BCUT2D eigenvalue weighted by atomic mass is 16.5. The van der Waals surface area contributed by atoms with Gasteiger partial charge in [-0.15, -0.1) is 0 Å². The van der Waals surface area contributed by atoms with Crippen molar-refractivity contribution in [3.63, 3.8) is 0 Å². The first-order valence-electron chi connectivity index (χ1n) is 18.5. The Kier molecular flexibility index (Phi) is 10.3. The summed E-state index contributed by atoms with van der Waals surface area (Å²) in [4.78, 5) is 42.1. The Hall–Kier alpha value is -3.65. The smallest absolute Gasteiger partial charge is 0.272 e. The number of para-hydroxylation sites is 1. The van der Waals surface area contributed by atoms with Gasteiger partial charge in [0.25, 0.3) is 11.8 Å². The van der Waals surface area contributed by atoms with Crippen LogP contribution in [0.1, 0.15) is 111 Å². The molecule has 2 saturated carbocycles. The molecule has 3 aliphatic rings. The van der Waals surface area contributed by atoms with Crippen LogP contribution in [0.25, 0.3) is 10.9 Å². The van der Waals surface area contributed by atoms with Crippen molar-refractivity contribution in [2.45, 2.75) is 96.9 Å². The van der Waals surface area contributed by atoms with Crippen LogP contribution in [0.3, 0.4) is 0 Å². The molecule has 2 N–H and O–H groups in total. The maximum Gasteiger partial charge on any atom is 0.272 e. The predicted molar refractivity (Wildman–Crippen MR) is 197 cm³/mol. The van der Waals surface area contributed by atoms with Crippen molar-refractivity contribution in [1.82, 2.24) is 14.8 Å². The highest BCUT2D eigenvalue weighted by molar-refractivity contribution is 6.09. The van der Waals surface area contributed by atoms with Gasteiger partial charge in [0.15, 0.2) is 5.75 Å². The number of Topliss-reactive ketones (excluding diaryl/α,β-unsaturated/α-hetero) is 1. The molecule has 3 atom stereocenters. The zero-order valence-corrected chi connectivity index (χ0v) is 30.7. The number of likely N-dealkylation sites (tertiary alicyclic amines) is 1. The van der Waals surface area contributed by atoms with Crippen LogP contribution in [0.2, 0.25) is 0 Å². The van der Waals surface area contributed by atoms with Gasteiger partial charge in [0.05, 0.1) is 29.9 Å². The molecule has 1 aliphatic heterocycles. The normalized spacial score (nSPS) is 23.9. The Balaban J connectivity index is 1.13. The Morgan fingerprint density at radius 2 is 1.69 bits per heavy atom. The second-order valence-corrected chi connectivity index (χ2v) is 16.0. The van der Waals surface area contributed by atoms with Gasteiger partial charge in [0.2, 0.25) is 0 Å². The molecule has 0 bridgehead atoms. The van der Waals surface area contributed by atoms with E-state index in [0.717, 1.165) is 72.9 Å². The van der Waals surface area contributed by atoms with E-state index in [2.05, 4.69) is 61.6 Å². The number of likely N-dealkylation sites (N-methyl/N-ethyl adjacent to an activating group) is 1. The van der Waals surface area contributed by atoms with Crippen LogP contribution < -0.4 is 15.4 Å². The van der Waals surface area contributed by atoms with Crippen molar-refractivity contribution < 1.29 is 19.1 Å². The highest BCUT2D eigenvalue weighted by Crippen LogP contribution is 2.57. The second-order valence-electron chi connectivity index (χ2n) is 16.0. The quantitative estimate of drug-likeness (QED) is 0.221. The van der Waals surface area contributed by atoms with Gasteiger partial charge >= 0.3 is 0 Å². The molecule has 2 amide bonds. The van der Waals surface area contributed by atoms with Crippen LogP contribution in [0.5, 0.6) is 5.75 Å². The summed E-state index contributed by atoms with van der Waals surface area (Å²) in [5.41, 5.74) is 4.51. The monoisotopic (exact) mass is 668 g/mol. The summed E-state index contributed by atoms with van der Waals surface area (Å²) in [7, 11) is 5.60. The third-order valence-electron chi connectivity index (χ3n) is 11.8. The summed E-state index contributed by atoms with van der Waals surface area (Å²) in [5, 5.41) is 7.02. The van der Waals surface area contributed by atoms with Crippen molar-refractivity contribution in [1.29, 1.82) is 0 Å². The van der Waals surface area contributed by atoms with Crippen molar-refractivity contribution in [2.75, 3.05) is 32.6 Å². The number of carbonyl (C=O) groups is 3. The predicted octanol–water partition coefficient (Wildman–Crippen LogP) is 7.52. The molecule has 264 valence electrons. The molecule has 3 fully saturated rings. The molecular weight excluding hydrogens is 612 g/mol. The molecule has 2 heterocycles. The average Bonchev–Trinajstić information content (AvgIpc) is 3.44. The maximum absolute atomic E-state index is 13.9. The summed E-state index contributed by atoms with van der Waals surface area (Å²) in [6.45, 7) is 9.68. The van der Waals surface area contributed by atoms with E-state index in [4.69, 9.17) is 4.74 Å². The molecule has 6 rings (SSSR count). The number of ether oxygens (including phenoxy) is 1. The van der Waals surface area contributed by atoms with E-state index in [0.29, 0.717) is 40.9 Å². The fraction of sp³-hybridized carbons (Fsp3) is 0.585. The van der Waals surface area contributed by atoms with Crippen LogP contribution in [-0.4, -0.2) is 60.4 Å². The maximum atomic E-state index is 13.9. The van der Waals surface area contributed by atoms with Gasteiger partial charge in [-0.1, -0.05) is 39.0 Å². The van der Waals surface area contributed by atoms with E-state index in [1.807, 2.05) is 36.7 Å². The number of carbonyl (C=O) groups excluding carboxylic acids is 3. The van der Waals surface area contributed by atoms with Crippen molar-refractivity contribution in [3.8, 4) is 5.75 Å². The lowest BCUT2D eigenvalue weighted by molar-refractivity contribution is -0.124. The third kappa shape index (κ3) is 7.30. The van der Waals surface area contributed by atoms with Gasteiger partial charge in [-0.3, -0.25) is 19.3 Å². The number of hydrogen-bond acceptors (Lipinski definition) is 5. The molecule has 8 heteroatoms. The minimum atomic E-state index is -0.243. The zero-order valence-electron chi connectivity index (χ0n) is 30.7. The molecule has 3 unspecified atom stereocenters. The first-order chi connectivity index (χ1) is 23.4. The van der Waals surface area contributed by atoms with Gasteiger partial charge in [-0.05, 0) is 130 Å². The topological polar surface area (TPSA) is 92.7 Å². The fourth-order valence-electron chi connectivity index (χ4n) is 8.98. The van der Waals surface area contributed by atoms with E-state index in [-0.39, 0.29) is 23.3 Å². The third-order valence-corrected chi connectivity index (χ3v) is 11.8. The Bertz CT molecular complexity index is 1700. The summed E-state index contributed by atoms with van der Waals surface area (Å²) in [6.07, 6.45) is 10.0. The van der Waals surface area contributed by atoms with E-state index >= 15 is 0 Å². The molecular formula is C41H56N4O4. The number of aryl methyl sites for hydroxylation is 2. The number of benzene rings is 2. The first-order valence-corrected chi connectivity index (χ1v) is 18.5. The van der Waals surface area contributed by atoms with Gasteiger partial charge in [0, 0.05) is 25.4 Å². The van der Waals surface area contributed by atoms with Crippen molar-refractivity contribution >= 4 is 34.2 Å². The number of rotatable bonds is 11. The summed E-state index contributed by atoms with van der Waals surface area (Å²) in [5.74, 6) is 3.27. The fourth-order valence-corrected chi connectivity index (χ4v) is 8.98. The number of hydrogen-bond donors (Lipinski definition) is 2. The number of anilines is 1. The standard InChI is InChI=1S/C41H56N4O4/c1-8-42-39(47)32-23-28(41(2,3)4)24-33(38(32)49-7)43-40(48)35-22-27-12-9-11-26(37(27)45(35)6)16-19-31-29-17-14-25(15-18-30(29)31)21-36(46)34-13-10-20-44(34)5/h9,11-12,22-25,29-31,34H,8,10,13-21H2,1-7H3,(H,42,47)(H,43,48). The number of methoxy groups -OCH3 is 1. The van der Waals surface area contributed by atoms with Crippen molar-refractivity contribution in [2.24, 2.45) is 30.7 Å². The number of fused-ring (bicyclic) bond motifs is 2. The van der Waals surface area contributed by atoms with Crippen LogP contribution in [0.15, 0.2) is 36.4 Å². The molecule has 3 aromatic rings. The average molecular weight is 669 g/mol. The summed E-state index contributed by atoms with van der Waals surface area (Å²) < 4.78 is 7.73. The van der Waals surface area contributed by atoms with Crippen LogP contribution >= 0.6 is 0 Å². The molecule has 8 nitrogen and oxygen atoms in total. The van der Waals surface area contributed by atoms with E-state index in [1.165, 1.54) is 38.4 Å². The molecule has 49 heavy (non-hydrogen) atoms. The summed E-state index contributed by atoms with van der Waals surface area (Å²) >= 11 is 0. The lowest BCUT2D eigenvalue weighted by Crippen LogP contribution is -2.33. The molecule has 2 aromatic carbocycles. The molecule has 0 spiro atoms. The first kappa shape index (κ1) is 35.2. The Labute approximate surface area is 292 Å². The van der Waals surface area contributed by atoms with E-state index < -0.39 is 0 Å². The van der Waals surface area contributed by atoms with Crippen LogP contribution in [-0.2, 0) is 23.7 Å². The number of ketones is 1. The van der Waals surface area contributed by atoms with Gasteiger partial charge in [-0.25, -0.2) is 0 Å². The van der Waals surface area contributed by atoms with E-state index in [1.54, 1.807) is 0 Å². The number of aromatic nitrogens is 1. The molecule has 0 radical (unpaired) electrons. The number of amides is 2. The zero-order chi connectivity index (χ0) is 35.0. The Morgan fingerprint density at radius 1 is 0.959 bits per heavy atom. The number of nitrogens with one attached hydrogen (secondary N) is 2.